The first-order chi connectivity index (χ1) is 9.91. The maximum atomic E-state index is 13.7. The maximum Gasteiger partial charge on any atom is 0.321 e. The molecular weight excluding hydrogens is 299 g/mol. The Morgan fingerprint density at radius 1 is 1.48 bits per heavy atom. The van der Waals surface area contributed by atoms with Gasteiger partial charge in [-0.25, -0.2) is 9.29 Å². The van der Waals surface area contributed by atoms with Crippen LogP contribution in [0.1, 0.15) is 6.42 Å². The topological polar surface area (TPSA) is 101 Å². The number of hydrogen-bond donors (Lipinski definition) is 2. The maximum absolute atomic E-state index is 13.7. The third kappa shape index (κ3) is 3.22. The number of hydrogen-bond acceptors (Lipinski definition) is 5. The summed E-state index contributed by atoms with van der Waals surface area (Å²) in [4.78, 5) is 35.5. The number of rotatable bonds is 5. The van der Waals surface area contributed by atoms with Gasteiger partial charge in [-0.15, -0.1) is 11.8 Å². The third-order valence-electron chi connectivity index (χ3n) is 2.99. The van der Waals surface area contributed by atoms with Crippen molar-refractivity contribution in [2.75, 3.05) is 10.7 Å². The van der Waals surface area contributed by atoms with Gasteiger partial charge in [-0.2, -0.15) is 0 Å². The van der Waals surface area contributed by atoms with Crippen molar-refractivity contribution in [1.29, 1.82) is 0 Å². The number of para-hydroxylation sites is 1. The molecule has 21 heavy (non-hydrogen) atoms. The molecule has 1 fully saturated rings. The number of carboxylic acid groups (broad SMARTS) is 1. The van der Waals surface area contributed by atoms with Crippen LogP contribution in [0.4, 0.5) is 10.1 Å². The number of carbonyl (C=O) groups excluding carboxylic acids is 2. The first-order valence-corrected chi connectivity index (χ1v) is 7.18. The summed E-state index contributed by atoms with van der Waals surface area (Å²) in [5.74, 6) is -2.89. The van der Waals surface area contributed by atoms with E-state index in [9.17, 15) is 18.8 Å². The smallest absolute Gasteiger partial charge is 0.321 e. The number of aliphatic carboxylic acids is 1. The predicted molar refractivity (Wildman–Crippen MR) is 75.4 cm³/mol. The number of imide groups is 1. The number of benzene rings is 1. The Morgan fingerprint density at radius 2 is 2.14 bits per heavy atom. The quantitative estimate of drug-likeness (QED) is 0.772. The van der Waals surface area contributed by atoms with Crippen molar-refractivity contribution in [3.63, 3.8) is 0 Å². The van der Waals surface area contributed by atoms with E-state index in [0.29, 0.717) is 0 Å². The number of nitrogens with two attached hydrogens (primary N) is 1. The van der Waals surface area contributed by atoms with Gasteiger partial charge in [-0.05, 0) is 12.1 Å². The third-order valence-corrected chi connectivity index (χ3v) is 4.31. The number of anilines is 1. The Hall–Kier alpha value is -1.93. The van der Waals surface area contributed by atoms with E-state index in [0.717, 1.165) is 22.7 Å². The van der Waals surface area contributed by atoms with Crippen molar-refractivity contribution in [1.82, 2.24) is 0 Å². The molecule has 8 heteroatoms. The van der Waals surface area contributed by atoms with Crippen LogP contribution in [0.3, 0.4) is 0 Å². The lowest BCUT2D eigenvalue weighted by Crippen LogP contribution is -2.35. The van der Waals surface area contributed by atoms with E-state index in [-0.39, 0.29) is 17.9 Å². The van der Waals surface area contributed by atoms with E-state index in [4.69, 9.17) is 10.8 Å². The molecule has 0 aromatic heterocycles. The number of thioether (sulfide) groups is 1. The van der Waals surface area contributed by atoms with E-state index in [1.807, 2.05) is 0 Å². The second-order valence-electron chi connectivity index (χ2n) is 4.49. The highest BCUT2D eigenvalue weighted by Gasteiger charge is 2.41. The molecule has 0 spiro atoms. The Bertz CT molecular complexity index is 595. The van der Waals surface area contributed by atoms with E-state index < -0.39 is 34.9 Å². The molecule has 1 aromatic rings. The zero-order valence-electron chi connectivity index (χ0n) is 10.9. The number of carbonyl (C=O) groups is 3. The summed E-state index contributed by atoms with van der Waals surface area (Å²) in [6.45, 7) is 0. The molecule has 1 heterocycles. The van der Waals surface area contributed by atoms with Crippen molar-refractivity contribution >= 4 is 35.2 Å². The summed E-state index contributed by atoms with van der Waals surface area (Å²) in [6.07, 6.45) is -0.0931. The van der Waals surface area contributed by atoms with Crippen LogP contribution in [-0.2, 0) is 14.4 Å². The second kappa shape index (κ2) is 6.23. The van der Waals surface area contributed by atoms with Gasteiger partial charge in [0, 0.05) is 12.2 Å². The van der Waals surface area contributed by atoms with E-state index in [1.54, 1.807) is 0 Å². The first kappa shape index (κ1) is 15.5. The molecule has 1 aliphatic heterocycles. The van der Waals surface area contributed by atoms with Gasteiger partial charge in [-0.1, -0.05) is 12.1 Å². The van der Waals surface area contributed by atoms with E-state index in [2.05, 4.69) is 0 Å². The molecule has 112 valence electrons. The normalized spacial score (nSPS) is 19.9. The van der Waals surface area contributed by atoms with Crippen molar-refractivity contribution < 1.29 is 23.9 Å². The van der Waals surface area contributed by atoms with Gasteiger partial charge in [0.25, 0.3) is 0 Å². The zero-order valence-corrected chi connectivity index (χ0v) is 11.7. The highest BCUT2D eigenvalue weighted by Crippen LogP contribution is 2.31. The van der Waals surface area contributed by atoms with E-state index in [1.165, 1.54) is 18.2 Å². The van der Waals surface area contributed by atoms with Crippen molar-refractivity contribution in [2.24, 2.45) is 5.73 Å². The van der Waals surface area contributed by atoms with Crippen LogP contribution in [0.15, 0.2) is 24.3 Å². The van der Waals surface area contributed by atoms with E-state index >= 15 is 0 Å². The van der Waals surface area contributed by atoms with Crippen LogP contribution in [0.2, 0.25) is 0 Å². The molecule has 1 saturated heterocycles. The van der Waals surface area contributed by atoms with Gasteiger partial charge in [-0.3, -0.25) is 14.4 Å². The fourth-order valence-corrected chi connectivity index (χ4v) is 3.00. The molecule has 3 N–H and O–H groups in total. The van der Waals surface area contributed by atoms with Crippen LogP contribution in [0.5, 0.6) is 0 Å². The fourth-order valence-electron chi connectivity index (χ4n) is 1.91. The van der Waals surface area contributed by atoms with Crippen molar-refractivity contribution in [3.05, 3.63) is 30.1 Å². The minimum atomic E-state index is -1.18. The molecule has 0 radical (unpaired) electrons. The standard InChI is InChI=1S/C13H13FN2O4S/c14-7-3-1-2-4-9(7)16-11(17)5-10(12(16)18)21-6-8(15)13(19)20/h1-4,8,10H,5-6,15H2,(H,19,20). The number of amides is 2. The number of carboxylic acids is 1. The molecule has 1 aliphatic rings. The highest BCUT2D eigenvalue weighted by atomic mass is 32.2. The molecular formula is C13H13FN2O4S. The van der Waals surface area contributed by atoms with Gasteiger partial charge in [0.1, 0.15) is 11.9 Å². The van der Waals surface area contributed by atoms with Gasteiger partial charge in [0.05, 0.1) is 10.9 Å². The minimum Gasteiger partial charge on any atom is -0.480 e. The Balaban J connectivity index is 2.10. The van der Waals surface area contributed by atoms with Crippen LogP contribution in [0, 0.1) is 5.82 Å². The van der Waals surface area contributed by atoms with Gasteiger partial charge in [0.15, 0.2) is 0 Å². The zero-order chi connectivity index (χ0) is 15.6. The van der Waals surface area contributed by atoms with Crippen LogP contribution >= 0.6 is 11.8 Å². The molecule has 0 bridgehead atoms. The lowest BCUT2D eigenvalue weighted by molar-refractivity contribution is -0.138. The summed E-state index contributed by atoms with van der Waals surface area (Å²) < 4.78 is 13.7. The Morgan fingerprint density at radius 3 is 2.76 bits per heavy atom. The fraction of sp³-hybridized carbons (Fsp3) is 0.308. The second-order valence-corrected chi connectivity index (χ2v) is 5.73. The summed E-state index contributed by atoms with van der Waals surface area (Å²) in [6, 6.07) is 4.39. The lowest BCUT2D eigenvalue weighted by Gasteiger charge is -2.15. The molecule has 6 nitrogen and oxygen atoms in total. The lowest BCUT2D eigenvalue weighted by atomic mass is 10.3. The summed E-state index contributed by atoms with van der Waals surface area (Å²) >= 11 is 0.996. The van der Waals surface area contributed by atoms with Crippen molar-refractivity contribution in [2.45, 2.75) is 17.7 Å². The molecule has 2 atom stereocenters. The average molecular weight is 312 g/mol. The Kier molecular flexibility index (Phi) is 4.59. The molecule has 2 rings (SSSR count). The molecule has 0 aliphatic carbocycles. The number of nitrogens with zero attached hydrogens (tertiary/aromatic N) is 1. The number of halogens is 1. The van der Waals surface area contributed by atoms with Crippen LogP contribution in [0.25, 0.3) is 0 Å². The molecule has 1 aromatic carbocycles. The van der Waals surface area contributed by atoms with Crippen molar-refractivity contribution in [3.8, 4) is 0 Å². The van der Waals surface area contributed by atoms with Crippen LogP contribution in [-0.4, -0.2) is 39.9 Å². The highest BCUT2D eigenvalue weighted by molar-refractivity contribution is 8.00. The SMILES string of the molecule is NC(CSC1CC(=O)N(c2ccccc2F)C1=O)C(=O)O. The summed E-state index contributed by atoms with van der Waals surface area (Å²) in [7, 11) is 0. The predicted octanol–water partition coefficient (Wildman–Crippen LogP) is 0.603. The Labute approximate surface area is 124 Å². The monoisotopic (exact) mass is 312 g/mol. The largest absolute Gasteiger partial charge is 0.480 e. The summed E-state index contributed by atoms with van der Waals surface area (Å²) in [5.41, 5.74) is 5.27. The van der Waals surface area contributed by atoms with Gasteiger partial charge < -0.3 is 10.8 Å². The van der Waals surface area contributed by atoms with Crippen LogP contribution < -0.4 is 10.6 Å². The molecule has 2 unspecified atom stereocenters. The molecule has 2 amide bonds. The van der Waals surface area contributed by atoms with Gasteiger partial charge >= 0.3 is 5.97 Å². The average Bonchev–Trinajstić information content (AvgIpc) is 2.71. The molecule has 0 saturated carbocycles. The van der Waals surface area contributed by atoms with Gasteiger partial charge in [0.2, 0.25) is 11.8 Å². The minimum absolute atomic E-state index is 0.00410. The summed E-state index contributed by atoms with van der Waals surface area (Å²) in [5, 5.41) is 7.96. The first-order valence-electron chi connectivity index (χ1n) is 6.13.